The van der Waals surface area contributed by atoms with Gasteiger partial charge >= 0.3 is 0 Å². The molecule has 0 aliphatic carbocycles. The summed E-state index contributed by atoms with van der Waals surface area (Å²) in [6.07, 6.45) is 0. The Hall–Kier alpha value is -6.82. The maximum atomic E-state index is 4.40. The molecule has 0 unspecified atom stereocenters. The Bertz CT molecular complexity index is 2910. The van der Waals surface area contributed by atoms with Crippen LogP contribution in [0.3, 0.4) is 0 Å². The van der Waals surface area contributed by atoms with Crippen molar-refractivity contribution < 1.29 is 0 Å². The highest BCUT2D eigenvalue weighted by Gasteiger charge is 2.28. The van der Waals surface area contributed by atoms with Crippen LogP contribution < -0.4 is 31.4 Å². The molecule has 0 spiro atoms. The van der Waals surface area contributed by atoms with E-state index in [0.717, 1.165) is 11.4 Å². The smallest absolute Gasteiger partial charge is 0.0544 e. The van der Waals surface area contributed by atoms with Gasteiger partial charge in [-0.2, -0.15) is 0 Å². The lowest BCUT2D eigenvalue weighted by Gasteiger charge is -2.30. The molecule has 10 rings (SSSR count). The van der Waals surface area contributed by atoms with Crippen LogP contribution in [0.25, 0.3) is 54.9 Å². The fraction of sp³-hybridized carbons (Fsp3) is 0.0667. The van der Waals surface area contributed by atoms with Crippen molar-refractivity contribution in [1.29, 1.82) is 0 Å². The average Bonchev–Trinajstić information content (AvgIpc) is 3.34. The van der Waals surface area contributed by atoms with Crippen LogP contribution in [0.5, 0.6) is 0 Å². The van der Waals surface area contributed by atoms with Crippen molar-refractivity contribution in [3.8, 4) is 33.4 Å². The summed E-state index contributed by atoms with van der Waals surface area (Å²) in [4.78, 5) is 0. The van der Waals surface area contributed by atoms with Gasteiger partial charge in [-0.3, -0.25) is 0 Å². The van der Waals surface area contributed by atoms with Crippen molar-refractivity contribution >= 4 is 70.3 Å². The number of anilines is 2. The molecule has 0 saturated heterocycles. The van der Waals surface area contributed by atoms with Crippen LogP contribution >= 0.6 is 16.1 Å². The summed E-state index contributed by atoms with van der Waals surface area (Å²) >= 11 is 0. The van der Waals surface area contributed by atoms with Crippen LogP contribution in [0.4, 0.5) is 11.4 Å². The molecule has 4 heteroatoms. The number of hydrogen-bond acceptors (Lipinski definition) is 2. The fourth-order valence-electron chi connectivity index (χ4n) is 8.69. The molecule has 0 heterocycles. The minimum atomic E-state index is -1.09. The van der Waals surface area contributed by atoms with Crippen LogP contribution in [0, 0.1) is 27.7 Å². The molecule has 2 N–H and O–H groups in total. The predicted molar refractivity (Wildman–Crippen MR) is 282 cm³/mol. The van der Waals surface area contributed by atoms with Gasteiger partial charge in [0, 0.05) is 43.5 Å². The van der Waals surface area contributed by atoms with Gasteiger partial charge < -0.3 is 10.2 Å². The summed E-state index contributed by atoms with van der Waals surface area (Å²) in [6.45, 7) is 8.67. The standard InChI is InChI=1S/C60H50N2P2/c1-41-23-31-49(32-24-41)63(50-33-25-42(2)26-34-50)61-59-55(45-15-7-5-8-16-45)39-47-19-11-13-21-53(47)57(59)58-54-22-14-12-20-48(54)40-56(46-17-9-6-10-18-46)60(58)62-64(51-35-27-43(3)28-36-51)52-37-29-44(4)30-38-52/h5-40,61-62H,1-4H3. The number of hydrogen-bond donors (Lipinski definition) is 2. The summed E-state index contributed by atoms with van der Waals surface area (Å²) in [5, 5.41) is 18.6. The summed E-state index contributed by atoms with van der Waals surface area (Å²) in [5.41, 5.74) is 14.3. The van der Waals surface area contributed by atoms with E-state index in [2.05, 4.69) is 256 Å². The van der Waals surface area contributed by atoms with Crippen LogP contribution in [0.15, 0.2) is 218 Å². The zero-order valence-corrected chi connectivity index (χ0v) is 38.5. The van der Waals surface area contributed by atoms with Crippen molar-refractivity contribution in [3.63, 3.8) is 0 Å². The Kier molecular flexibility index (Phi) is 11.7. The van der Waals surface area contributed by atoms with E-state index in [0.29, 0.717) is 0 Å². The molecule has 310 valence electrons. The molecule has 0 aliphatic heterocycles. The minimum Gasteiger partial charge on any atom is -0.356 e. The molecule has 0 atom stereocenters. The first-order valence-corrected chi connectivity index (χ1v) is 24.7. The molecule has 2 nitrogen and oxygen atoms in total. The first-order valence-electron chi connectivity index (χ1n) is 22.0. The molecular formula is C60H50N2P2. The third-order valence-corrected chi connectivity index (χ3v) is 16.3. The monoisotopic (exact) mass is 860 g/mol. The summed E-state index contributed by atoms with van der Waals surface area (Å²) < 4.78 is 0. The van der Waals surface area contributed by atoms with E-state index in [9.17, 15) is 0 Å². The van der Waals surface area contributed by atoms with E-state index in [4.69, 9.17) is 0 Å². The van der Waals surface area contributed by atoms with Crippen molar-refractivity contribution in [1.82, 2.24) is 0 Å². The molecule has 0 saturated carbocycles. The zero-order valence-electron chi connectivity index (χ0n) is 36.7. The highest BCUT2D eigenvalue weighted by atomic mass is 31.1. The van der Waals surface area contributed by atoms with Crippen LogP contribution in [-0.2, 0) is 0 Å². The van der Waals surface area contributed by atoms with Crippen LogP contribution in [0.1, 0.15) is 22.3 Å². The number of fused-ring (bicyclic) bond motifs is 2. The van der Waals surface area contributed by atoms with Gasteiger partial charge in [0.05, 0.1) is 27.5 Å². The molecule has 0 radical (unpaired) electrons. The molecule has 0 bridgehead atoms. The fourth-order valence-corrected chi connectivity index (χ4v) is 12.5. The third-order valence-electron chi connectivity index (χ3n) is 12.1. The SMILES string of the molecule is Cc1ccc(P(Nc2c(-c3ccccc3)cc3ccccc3c2-c2c(NP(c3ccc(C)cc3)c3ccc(C)cc3)c(-c3ccccc3)cc3ccccc23)c2ccc(C)cc2)cc1. The second-order valence-electron chi connectivity index (χ2n) is 16.8. The van der Waals surface area contributed by atoms with E-state index in [-0.39, 0.29) is 0 Å². The van der Waals surface area contributed by atoms with Crippen molar-refractivity contribution in [2.75, 3.05) is 10.2 Å². The van der Waals surface area contributed by atoms with Gasteiger partial charge in [0.2, 0.25) is 0 Å². The molecule has 10 aromatic carbocycles. The molecule has 0 amide bonds. The van der Waals surface area contributed by atoms with Gasteiger partial charge in [-0.1, -0.05) is 229 Å². The molecule has 0 aliphatic rings. The lowest BCUT2D eigenvalue weighted by Crippen LogP contribution is -2.19. The minimum absolute atomic E-state index is 1.09. The van der Waals surface area contributed by atoms with E-state index in [1.165, 1.54) is 98.4 Å². The zero-order chi connectivity index (χ0) is 43.6. The Morgan fingerprint density at radius 3 is 0.891 bits per heavy atom. The Labute approximate surface area is 380 Å². The summed E-state index contributed by atoms with van der Waals surface area (Å²) in [6, 6.07) is 81.1. The number of aryl methyl sites for hydroxylation is 4. The van der Waals surface area contributed by atoms with Gasteiger partial charge in [-0.05, 0) is 72.5 Å². The van der Waals surface area contributed by atoms with E-state index >= 15 is 0 Å². The number of nitrogens with one attached hydrogen (secondary N) is 2. The lowest BCUT2D eigenvalue weighted by atomic mass is 9.85. The van der Waals surface area contributed by atoms with Crippen molar-refractivity contribution in [2.45, 2.75) is 27.7 Å². The summed E-state index contributed by atoms with van der Waals surface area (Å²) in [5.74, 6) is 0. The van der Waals surface area contributed by atoms with Crippen LogP contribution in [0.2, 0.25) is 0 Å². The third kappa shape index (κ3) is 8.36. The highest BCUT2D eigenvalue weighted by molar-refractivity contribution is 7.74. The molecule has 64 heavy (non-hydrogen) atoms. The Morgan fingerprint density at radius 2 is 0.578 bits per heavy atom. The normalized spacial score (nSPS) is 11.4. The van der Waals surface area contributed by atoms with Crippen molar-refractivity contribution in [2.24, 2.45) is 0 Å². The largest absolute Gasteiger partial charge is 0.356 e. The van der Waals surface area contributed by atoms with Crippen molar-refractivity contribution in [3.05, 3.63) is 241 Å². The predicted octanol–water partition coefficient (Wildman–Crippen LogP) is 15.1. The van der Waals surface area contributed by atoms with Gasteiger partial charge in [0.15, 0.2) is 0 Å². The Morgan fingerprint density at radius 1 is 0.297 bits per heavy atom. The van der Waals surface area contributed by atoms with E-state index in [1.54, 1.807) is 0 Å². The number of benzene rings is 10. The van der Waals surface area contributed by atoms with Gasteiger partial charge in [-0.25, -0.2) is 0 Å². The summed E-state index contributed by atoms with van der Waals surface area (Å²) in [7, 11) is -2.17. The molecular weight excluding hydrogens is 811 g/mol. The first-order chi connectivity index (χ1) is 31.4. The molecule has 0 fully saturated rings. The molecule has 10 aromatic rings. The van der Waals surface area contributed by atoms with E-state index < -0.39 is 16.1 Å². The van der Waals surface area contributed by atoms with Crippen LogP contribution in [-0.4, -0.2) is 0 Å². The number of rotatable bonds is 11. The van der Waals surface area contributed by atoms with Gasteiger partial charge in [0.1, 0.15) is 0 Å². The lowest BCUT2D eigenvalue weighted by molar-refractivity contribution is 1.48. The maximum Gasteiger partial charge on any atom is 0.0544 e. The molecule has 0 aromatic heterocycles. The maximum absolute atomic E-state index is 4.40. The second kappa shape index (κ2) is 18.1. The topological polar surface area (TPSA) is 24.1 Å². The van der Waals surface area contributed by atoms with E-state index in [1.807, 2.05) is 0 Å². The van der Waals surface area contributed by atoms with Gasteiger partial charge in [-0.15, -0.1) is 0 Å². The Balaban J connectivity index is 1.35. The average molecular weight is 861 g/mol. The first kappa shape index (κ1) is 41.2. The highest BCUT2D eigenvalue weighted by Crippen LogP contribution is 2.54. The second-order valence-corrected chi connectivity index (χ2v) is 20.6. The quantitative estimate of drug-likeness (QED) is 0.127. The van der Waals surface area contributed by atoms with Gasteiger partial charge in [0.25, 0.3) is 0 Å².